The van der Waals surface area contributed by atoms with Gasteiger partial charge >= 0.3 is 5.97 Å². The number of benzene rings is 3. The Hall–Kier alpha value is -3.12. The average Bonchev–Trinajstić information content (AvgIpc) is 3.73. The average molecular weight is 558 g/mol. The Kier molecular flexibility index (Phi) is 8.71. The summed E-state index contributed by atoms with van der Waals surface area (Å²) in [5.41, 5.74) is 5.21. The summed E-state index contributed by atoms with van der Waals surface area (Å²) in [5, 5.41) is 11.9. The van der Waals surface area contributed by atoms with Gasteiger partial charge in [-0.15, -0.1) is 0 Å². The molecule has 3 aromatic carbocycles. The number of esters is 1. The topological polar surface area (TPSA) is 59.4 Å². The molecule has 4 nitrogen and oxygen atoms in total. The molecule has 1 fully saturated rings. The molecule has 0 amide bonds. The number of nitrogens with zero attached hydrogens (tertiary/aromatic N) is 1. The summed E-state index contributed by atoms with van der Waals surface area (Å²) in [4.78, 5) is 16.3. The Morgan fingerprint density at radius 3 is 2.69 bits per heavy atom. The predicted molar refractivity (Wildman–Crippen MR) is 162 cm³/mol. The van der Waals surface area contributed by atoms with Crippen molar-refractivity contribution in [3.8, 4) is 5.75 Å². The van der Waals surface area contributed by atoms with Gasteiger partial charge in [0.25, 0.3) is 0 Å². The van der Waals surface area contributed by atoms with Gasteiger partial charge in [-0.25, -0.2) is 4.98 Å². The lowest BCUT2D eigenvalue weighted by Gasteiger charge is -2.21. The first kappa shape index (κ1) is 27.4. The molecule has 39 heavy (non-hydrogen) atoms. The lowest BCUT2D eigenvalue weighted by molar-refractivity contribution is -0.131. The van der Waals surface area contributed by atoms with Crippen LogP contribution in [0.5, 0.6) is 5.75 Å². The molecule has 1 atom stereocenters. The van der Waals surface area contributed by atoms with Gasteiger partial charge in [0.15, 0.2) is 0 Å². The lowest BCUT2D eigenvalue weighted by atomic mass is 10.0. The van der Waals surface area contributed by atoms with Gasteiger partial charge < -0.3 is 9.84 Å². The Morgan fingerprint density at radius 2 is 1.90 bits per heavy atom. The summed E-state index contributed by atoms with van der Waals surface area (Å²) in [6.45, 7) is 1.68. The highest BCUT2D eigenvalue weighted by atomic mass is 35.5. The van der Waals surface area contributed by atoms with E-state index in [4.69, 9.17) is 21.3 Å². The highest BCUT2D eigenvalue weighted by Crippen LogP contribution is 2.50. The number of pyridine rings is 1. The molecule has 1 heterocycles. The van der Waals surface area contributed by atoms with Crippen LogP contribution in [-0.4, -0.2) is 28.4 Å². The molecule has 0 radical (unpaired) electrons. The van der Waals surface area contributed by atoms with E-state index in [2.05, 4.69) is 36.4 Å². The summed E-state index contributed by atoms with van der Waals surface area (Å²) in [7, 11) is 0. The Bertz CT molecular complexity index is 1500. The predicted octanol–water partition coefficient (Wildman–Crippen LogP) is 8.16. The number of aliphatic hydroxyl groups excluding tert-OH is 1. The van der Waals surface area contributed by atoms with E-state index in [9.17, 15) is 9.90 Å². The number of hydrogen-bond acceptors (Lipinski definition) is 5. The van der Waals surface area contributed by atoms with Crippen molar-refractivity contribution >= 4 is 52.4 Å². The van der Waals surface area contributed by atoms with Crippen molar-refractivity contribution in [3.63, 3.8) is 0 Å². The number of para-hydroxylation sites is 1. The van der Waals surface area contributed by atoms with Gasteiger partial charge in [-0.05, 0) is 72.7 Å². The van der Waals surface area contributed by atoms with Crippen LogP contribution in [0.15, 0.2) is 78.9 Å². The zero-order valence-corrected chi connectivity index (χ0v) is 23.5. The molecule has 5 rings (SSSR count). The van der Waals surface area contributed by atoms with Gasteiger partial charge in [0.2, 0.25) is 0 Å². The number of halogens is 1. The SMILES string of the molecule is CC(=O)Oc1ccccc1CC[C@@H](SCC1(CO)CC1)c1cccc(C=Cc2ccc3ccc(Cl)cc3n2)c1. The van der Waals surface area contributed by atoms with Crippen LogP contribution in [0, 0.1) is 5.41 Å². The Labute approximate surface area is 239 Å². The van der Waals surface area contributed by atoms with Crippen molar-refractivity contribution in [1.29, 1.82) is 0 Å². The summed E-state index contributed by atoms with van der Waals surface area (Å²) in [6.07, 6.45) is 7.98. The maximum atomic E-state index is 11.6. The van der Waals surface area contributed by atoms with Gasteiger partial charge in [-0.2, -0.15) is 11.8 Å². The van der Waals surface area contributed by atoms with E-state index in [1.807, 2.05) is 66.4 Å². The number of hydrogen-bond donors (Lipinski definition) is 1. The Balaban J connectivity index is 1.35. The fourth-order valence-electron chi connectivity index (χ4n) is 4.64. The molecule has 1 aliphatic carbocycles. The van der Waals surface area contributed by atoms with Gasteiger partial charge in [0.05, 0.1) is 11.2 Å². The fraction of sp³-hybridized carbons (Fsp3) is 0.273. The number of carbonyl (C=O) groups is 1. The maximum absolute atomic E-state index is 11.6. The van der Waals surface area contributed by atoms with Crippen LogP contribution in [0.4, 0.5) is 0 Å². The number of thioether (sulfide) groups is 1. The number of ether oxygens (including phenoxy) is 1. The molecule has 6 heteroatoms. The molecule has 0 aliphatic heterocycles. The highest BCUT2D eigenvalue weighted by Gasteiger charge is 2.42. The molecule has 1 N–H and O–H groups in total. The van der Waals surface area contributed by atoms with E-state index < -0.39 is 0 Å². The van der Waals surface area contributed by atoms with Crippen LogP contribution < -0.4 is 4.74 Å². The van der Waals surface area contributed by atoms with Crippen LogP contribution in [0.2, 0.25) is 5.02 Å². The fourth-order valence-corrected chi connectivity index (χ4v) is 6.37. The second-order valence-corrected chi connectivity index (χ2v) is 11.9. The minimum atomic E-state index is -0.310. The molecule has 0 saturated heterocycles. The maximum Gasteiger partial charge on any atom is 0.308 e. The zero-order valence-electron chi connectivity index (χ0n) is 22.0. The van der Waals surface area contributed by atoms with E-state index in [0.29, 0.717) is 10.8 Å². The van der Waals surface area contributed by atoms with Crippen molar-refractivity contribution in [2.24, 2.45) is 5.41 Å². The number of carbonyl (C=O) groups excluding carboxylic acids is 1. The summed E-state index contributed by atoms with van der Waals surface area (Å²) >= 11 is 8.07. The Morgan fingerprint density at radius 1 is 1.08 bits per heavy atom. The molecule has 0 unspecified atom stereocenters. The smallest absolute Gasteiger partial charge is 0.308 e. The van der Waals surface area contributed by atoms with E-state index in [0.717, 1.165) is 59.2 Å². The van der Waals surface area contributed by atoms with Crippen LogP contribution in [0.3, 0.4) is 0 Å². The quantitative estimate of drug-likeness (QED) is 0.149. The van der Waals surface area contributed by atoms with Gasteiger partial charge in [-0.1, -0.05) is 72.3 Å². The van der Waals surface area contributed by atoms with E-state index >= 15 is 0 Å². The summed E-state index contributed by atoms with van der Waals surface area (Å²) in [5.74, 6) is 1.25. The van der Waals surface area contributed by atoms with Crippen molar-refractivity contribution in [3.05, 3.63) is 106 Å². The first-order valence-corrected chi connectivity index (χ1v) is 14.7. The van der Waals surface area contributed by atoms with Gasteiger partial charge in [0, 0.05) is 40.4 Å². The number of rotatable bonds is 11. The normalized spacial score (nSPS) is 14.9. The van der Waals surface area contributed by atoms with Crippen molar-refractivity contribution in [2.45, 2.75) is 37.9 Å². The van der Waals surface area contributed by atoms with Gasteiger partial charge in [-0.3, -0.25) is 4.79 Å². The minimum absolute atomic E-state index is 0.0702. The van der Waals surface area contributed by atoms with Crippen molar-refractivity contribution in [1.82, 2.24) is 4.98 Å². The van der Waals surface area contributed by atoms with E-state index in [1.54, 1.807) is 0 Å². The number of aromatic nitrogens is 1. The van der Waals surface area contributed by atoms with Gasteiger partial charge in [0.1, 0.15) is 5.75 Å². The lowest BCUT2D eigenvalue weighted by Crippen LogP contribution is -2.11. The van der Waals surface area contributed by atoms with E-state index in [-0.39, 0.29) is 23.2 Å². The molecular weight excluding hydrogens is 526 g/mol. The third kappa shape index (κ3) is 7.30. The molecule has 4 aromatic rings. The molecule has 0 spiro atoms. The second-order valence-electron chi connectivity index (χ2n) is 10.3. The van der Waals surface area contributed by atoms with E-state index in [1.165, 1.54) is 12.5 Å². The molecule has 1 saturated carbocycles. The number of fused-ring (bicyclic) bond motifs is 1. The summed E-state index contributed by atoms with van der Waals surface area (Å²) in [6, 6.07) is 26.2. The molecule has 0 bridgehead atoms. The first-order valence-electron chi connectivity index (χ1n) is 13.3. The number of aliphatic hydroxyl groups is 1. The largest absolute Gasteiger partial charge is 0.426 e. The molecule has 1 aliphatic rings. The van der Waals surface area contributed by atoms with Crippen LogP contribution >= 0.6 is 23.4 Å². The van der Waals surface area contributed by atoms with Crippen LogP contribution in [0.1, 0.15) is 53.8 Å². The van der Waals surface area contributed by atoms with Crippen molar-refractivity contribution < 1.29 is 14.6 Å². The molecule has 1 aromatic heterocycles. The number of aryl methyl sites for hydroxylation is 1. The molecular formula is C33H32ClNO3S. The second kappa shape index (κ2) is 12.4. The monoisotopic (exact) mass is 557 g/mol. The van der Waals surface area contributed by atoms with Crippen LogP contribution in [0.25, 0.3) is 23.1 Å². The minimum Gasteiger partial charge on any atom is -0.426 e. The summed E-state index contributed by atoms with van der Waals surface area (Å²) < 4.78 is 5.45. The first-order chi connectivity index (χ1) is 18.9. The van der Waals surface area contributed by atoms with Crippen molar-refractivity contribution in [2.75, 3.05) is 12.4 Å². The molecule has 200 valence electrons. The zero-order chi connectivity index (χ0) is 27.2. The third-order valence-corrected chi connectivity index (χ3v) is 9.11. The standard InChI is InChI=1S/C33H32ClNO3S/c1-23(37)38-31-8-3-2-6-26(31)12-16-32(39-22-33(21-36)17-18-33)27-7-4-5-24(19-27)9-14-29-15-11-25-10-13-28(34)20-30(25)35-29/h2-11,13-15,19-20,32,36H,12,16-18,21-22H2,1H3/t32-/m1/s1. The highest BCUT2D eigenvalue weighted by molar-refractivity contribution is 7.99. The van der Waals surface area contributed by atoms with Crippen LogP contribution in [-0.2, 0) is 11.2 Å². The third-order valence-electron chi connectivity index (χ3n) is 7.19.